The summed E-state index contributed by atoms with van der Waals surface area (Å²) in [5, 5.41) is 2.90. The minimum absolute atomic E-state index is 0.0767. The van der Waals surface area contributed by atoms with Gasteiger partial charge in [0.25, 0.3) is 5.91 Å². The fourth-order valence-electron chi connectivity index (χ4n) is 2.70. The highest BCUT2D eigenvalue weighted by Gasteiger charge is 2.28. The van der Waals surface area contributed by atoms with Crippen molar-refractivity contribution in [1.29, 1.82) is 0 Å². The molecule has 21 heavy (non-hydrogen) atoms. The van der Waals surface area contributed by atoms with Crippen molar-refractivity contribution >= 4 is 11.7 Å². The molecule has 0 aliphatic carbocycles. The van der Waals surface area contributed by atoms with Crippen LogP contribution >= 0.6 is 0 Å². The summed E-state index contributed by atoms with van der Waals surface area (Å²) < 4.78 is 7.70. The van der Waals surface area contributed by atoms with Gasteiger partial charge < -0.3 is 10.1 Å². The highest BCUT2D eigenvalue weighted by atomic mass is 16.5. The van der Waals surface area contributed by atoms with Crippen LogP contribution in [0.5, 0.6) is 0 Å². The molecule has 3 heterocycles. The van der Waals surface area contributed by atoms with Crippen molar-refractivity contribution in [1.82, 2.24) is 19.7 Å². The van der Waals surface area contributed by atoms with Crippen LogP contribution in [0.2, 0.25) is 0 Å². The third-order valence-corrected chi connectivity index (χ3v) is 3.75. The van der Waals surface area contributed by atoms with E-state index in [0.717, 1.165) is 19.3 Å². The predicted molar refractivity (Wildman–Crippen MR) is 78.1 cm³/mol. The van der Waals surface area contributed by atoms with Gasteiger partial charge in [0, 0.05) is 25.1 Å². The van der Waals surface area contributed by atoms with Crippen molar-refractivity contribution in [2.45, 2.75) is 44.8 Å². The average molecular weight is 288 g/mol. The van der Waals surface area contributed by atoms with Gasteiger partial charge in [0.1, 0.15) is 5.69 Å². The molecule has 1 saturated heterocycles. The minimum Gasteiger partial charge on any atom is -0.371 e. The van der Waals surface area contributed by atoms with Crippen molar-refractivity contribution in [2.24, 2.45) is 0 Å². The van der Waals surface area contributed by atoms with E-state index in [1.165, 1.54) is 0 Å². The summed E-state index contributed by atoms with van der Waals surface area (Å²) in [4.78, 5) is 20.5. The molecule has 0 aromatic carbocycles. The first-order valence-electron chi connectivity index (χ1n) is 7.29. The number of nitrogens with one attached hydrogen (secondary N) is 1. The van der Waals surface area contributed by atoms with Crippen molar-refractivity contribution in [3.8, 4) is 0 Å². The van der Waals surface area contributed by atoms with Gasteiger partial charge in [-0.2, -0.15) is 0 Å². The molecule has 6 nitrogen and oxygen atoms in total. The Morgan fingerprint density at radius 2 is 2.43 bits per heavy atom. The summed E-state index contributed by atoms with van der Waals surface area (Å²) in [5.41, 5.74) is 0.282. The second-order valence-corrected chi connectivity index (χ2v) is 6.05. The number of rotatable bonds is 3. The van der Waals surface area contributed by atoms with Gasteiger partial charge in [0.2, 0.25) is 5.78 Å². The number of imidazole rings is 1. The predicted octanol–water partition coefficient (Wildman–Crippen LogP) is 1.81. The Bertz CT molecular complexity index is 617. The van der Waals surface area contributed by atoms with Gasteiger partial charge in [-0.15, -0.1) is 0 Å². The standard InChI is InChI=1S/C15H20N4O2/c1-15(2)6-3-5-11(21-15)9-17-13(20)12-10-19-8-4-7-16-14(19)18-12/h4,7-8,10-11H,3,5-6,9H2,1-2H3,(H,17,20). The maximum absolute atomic E-state index is 12.1. The summed E-state index contributed by atoms with van der Waals surface area (Å²) in [7, 11) is 0. The molecular weight excluding hydrogens is 268 g/mol. The molecule has 3 rings (SSSR count). The van der Waals surface area contributed by atoms with Gasteiger partial charge >= 0.3 is 0 Å². The Kier molecular flexibility index (Phi) is 3.63. The topological polar surface area (TPSA) is 68.5 Å². The van der Waals surface area contributed by atoms with Crippen LogP contribution in [-0.2, 0) is 4.74 Å². The number of hydrogen-bond donors (Lipinski definition) is 1. The zero-order chi connectivity index (χ0) is 14.9. The molecule has 1 unspecified atom stereocenters. The highest BCUT2D eigenvalue weighted by Crippen LogP contribution is 2.27. The Balaban J connectivity index is 1.61. The van der Waals surface area contributed by atoms with E-state index < -0.39 is 0 Å². The quantitative estimate of drug-likeness (QED) is 0.935. The van der Waals surface area contributed by atoms with Gasteiger partial charge in [-0.05, 0) is 39.2 Å². The molecule has 2 aromatic heterocycles. The second-order valence-electron chi connectivity index (χ2n) is 6.05. The summed E-state index contributed by atoms with van der Waals surface area (Å²) in [6.45, 7) is 4.70. The van der Waals surface area contributed by atoms with Gasteiger partial charge in [0.05, 0.1) is 11.7 Å². The zero-order valence-corrected chi connectivity index (χ0v) is 12.4. The molecule has 1 amide bonds. The normalized spacial score (nSPS) is 21.3. The van der Waals surface area contributed by atoms with Crippen LogP contribution in [0.3, 0.4) is 0 Å². The van der Waals surface area contributed by atoms with Crippen molar-refractivity contribution in [3.63, 3.8) is 0 Å². The van der Waals surface area contributed by atoms with Crippen molar-refractivity contribution in [3.05, 3.63) is 30.4 Å². The molecule has 2 aromatic rings. The summed E-state index contributed by atoms with van der Waals surface area (Å²) >= 11 is 0. The smallest absolute Gasteiger partial charge is 0.271 e. The molecule has 112 valence electrons. The number of aromatic nitrogens is 3. The number of nitrogens with zero attached hydrogens (tertiary/aromatic N) is 3. The van der Waals surface area contributed by atoms with Crippen LogP contribution < -0.4 is 5.32 Å². The first-order chi connectivity index (χ1) is 10.0. The van der Waals surface area contributed by atoms with E-state index >= 15 is 0 Å². The first kappa shape index (κ1) is 14.0. The lowest BCUT2D eigenvalue weighted by molar-refractivity contribution is -0.104. The van der Waals surface area contributed by atoms with Crippen LogP contribution in [0, 0.1) is 0 Å². The van der Waals surface area contributed by atoms with Gasteiger partial charge in [-0.3, -0.25) is 9.20 Å². The van der Waals surface area contributed by atoms with Crippen LogP contribution in [0.1, 0.15) is 43.6 Å². The monoisotopic (exact) mass is 288 g/mol. The second kappa shape index (κ2) is 5.44. The lowest BCUT2D eigenvalue weighted by atomic mass is 9.95. The van der Waals surface area contributed by atoms with Crippen LogP contribution in [0.4, 0.5) is 0 Å². The van der Waals surface area contributed by atoms with E-state index in [2.05, 4.69) is 29.1 Å². The molecule has 0 spiro atoms. The maximum Gasteiger partial charge on any atom is 0.271 e. The number of carbonyl (C=O) groups is 1. The Morgan fingerprint density at radius 1 is 1.57 bits per heavy atom. The van der Waals surface area contributed by atoms with Crippen molar-refractivity contribution in [2.75, 3.05) is 6.54 Å². The maximum atomic E-state index is 12.1. The number of carbonyl (C=O) groups excluding carboxylic acids is 1. The summed E-state index contributed by atoms with van der Waals surface area (Å²) in [6.07, 6.45) is 8.41. The fourth-order valence-corrected chi connectivity index (χ4v) is 2.70. The summed E-state index contributed by atoms with van der Waals surface area (Å²) in [5.74, 6) is 0.338. The van der Waals surface area contributed by atoms with E-state index in [-0.39, 0.29) is 17.6 Å². The Morgan fingerprint density at radius 3 is 3.19 bits per heavy atom. The Hall–Kier alpha value is -1.95. The summed E-state index contributed by atoms with van der Waals surface area (Å²) in [6, 6.07) is 1.80. The average Bonchev–Trinajstić information content (AvgIpc) is 2.87. The molecule has 6 heteroatoms. The van der Waals surface area contributed by atoms with Gasteiger partial charge in [-0.25, -0.2) is 9.97 Å². The van der Waals surface area contributed by atoms with Gasteiger partial charge in [0.15, 0.2) is 0 Å². The molecule has 1 N–H and O–H groups in total. The van der Waals surface area contributed by atoms with Gasteiger partial charge in [-0.1, -0.05) is 0 Å². The van der Waals surface area contributed by atoms with E-state index in [4.69, 9.17) is 4.74 Å². The molecule has 0 bridgehead atoms. The molecule has 0 saturated carbocycles. The zero-order valence-electron chi connectivity index (χ0n) is 12.4. The SMILES string of the molecule is CC1(C)CCCC(CNC(=O)c2cn3cccnc3n2)O1. The lowest BCUT2D eigenvalue weighted by Crippen LogP contribution is -2.42. The highest BCUT2D eigenvalue weighted by molar-refractivity contribution is 5.92. The number of amides is 1. The van der Waals surface area contributed by atoms with Crippen molar-refractivity contribution < 1.29 is 9.53 Å². The molecule has 0 radical (unpaired) electrons. The number of hydrogen-bond acceptors (Lipinski definition) is 4. The van der Waals surface area contributed by atoms with E-state index in [0.29, 0.717) is 18.0 Å². The molecule has 1 aliphatic rings. The van der Waals surface area contributed by atoms with Crippen LogP contribution in [0.15, 0.2) is 24.7 Å². The van der Waals surface area contributed by atoms with E-state index in [1.54, 1.807) is 22.9 Å². The fraction of sp³-hybridized carbons (Fsp3) is 0.533. The third-order valence-electron chi connectivity index (χ3n) is 3.75. The third kappa shape index (κ3) is 3.21. The molecular formula is C15H20N4O2. The molecule has 1 aliphatic heterocycles. The molecule has 1 atom stereocenters. The number of fused-ring (bicyclic) bond motifs is 1. The Labute approximate surface area is 123 Å². The number of ether oxygens (including phenoxy) is 1. The van der Waals surface area contributed by atoms with E-state index in [9.17, 15) is 4.79 Å². The lowest BCUT2D eigenvalue weighted by Gasteiger charge is -2.36. The van der Waals surface area contributed by atoms with Crippen LogP contribution in [-0.4, -0.2) is 38.5 Å². The largest absolute Gasteiger partial charge is 0.371 e. The van der Waals surface area contributed by atoms with E-state index in [1.807, 2.05) is 6.20 Å². The minimum atomic E-state index is -0.188. The molecule has 1 fully saturated rings. The first-order valence-corrected chi connectivity index (χ1v) is 7.29. The van der Waals surface area contributed by atoms with Crippen LogP contribution in [0.25, 0.3) is 5.78 Å².